The molecule has 0 saturated heterocycles. The molecule has 160 valence electrons. The number of carbonyl (C=O) groups excluding carboxylic acids is 2. The van der Waals surface area contributed by atoms with Crippen LogP contribution in [-0.4, -0.2) is 33.4 Å². The quantitative estimate of drug-likeness (QED) is 0.499. The number of anilines is 1. The van der Waals surface area contributed by atoms with E-state index in [9.17, 15) is 9.59 Å². The van der Waals surface area contributed by atoms with Gasteiger partial charge in [-0.3, -0.25) is 14.6 Å². The Morgan fingerprint density at radius 3 is 2.94 bits per heavy atom. The van der Waals surface area contributed by atoms with Gasteiger partial charge < -0.3 is 14.7 Å². The van der Waals surface area contributed by atoms with Crippen LogP contribution in [-0.2, 0) is 13.0 Å². The van der Waals surface area contributed by atoms with Crippen LogP contribution in [0.1, 0.15) is 36.9 Å². The van der Waals surface area contributed by atoms with Crippen molar-refractivity contribution in [3.8, 4) is 11.3 Å². The molecule has 1 aliphatic heterocycles. The third kappa shape index (κ3) is 3.80. The summed E-state index contributed by atoms with van der Waals surface area (Å²) in [7, 11) is 0. The zero-order valence-electron chi connectivity index (χ0n) is 17.4. The normalized spacial score (nSPS) is 13.0. The van der Waals surface area contributed by atoms with Gasteiger partial charge in [-0.1, -0.05) is 11.2 Å². The molecule has 0 spiro atoms. The van der Waals surface area contributed by atoms with E-state index in [1.165, 1.54) is 10.4 Å². The summed E-state index contributed by atoms with van der Waals surface area (Å²) in [5.41, 5.74) is 3.97. The van der Waals surface area contributed by atoms with Gasteiger partial charge in [-0.2, -0.15) is 0 Å². The number of nitrogens with one attached hydrogen (secondary N) is 1. The Labute approximate surface area is 188 Å². The standard InChI is InChI=1S/C24H20N4O3S/c1-15-18(24(30)28-10-7-22-17(14-28)8-11-32-22)5-2-6-19(15)26-23(29)20-12-21(31-27-20)16-4-3-9-25-13-16/h2-6,8-9,11-13H,7,10,14H2,1H3,(H,26,29). The van der Waals surface area contributed by atoms with Gasteiger partial charge in [0.15, 0.2) is 11.5 Å². The molecule has 0 fully saturated rings. The lowest BCUT2D eigenvalue weighted by atomic mass is 10.0. The van der Waals surface area contributed by atoms with Gasteiger partial charge >= 0.3 is 0 Å². The molecule has 1 N–H and O–H groups in total. The van der Waals surface area contributed by atoms with Gasteiger partial charge in [0.05, 0.1) is 0 Å². The molecule has 1 aliphatic rings. The van der Waals surface area contributed by atoms with E-state index in [4.69, 9.17) is 4.52 Å². The SMILES string of the molecule is Cc1c(NC(=O)c2cc(-c3cccnc3)on2)cccc1C(=O)N1CCc2sccc2C1. The highest BCUT2D eigenvalue weighted by molar-refractivity contribution is 7.10. The number of hydrogen-bond donors (Lipinski definition) is 1. The Hall–Kier alpha value is -3.78. The van der Waals surface area contributed by atoms with Gasteiger partial charge in [-0.05, 0) is 60.2 Å². The number of thiophene rings is 1. The lowest BCUT2D eigenvalue weighted by Crippen LogP contribution is -2.35. The molecular weight excluding hydrogens is 424 g/mol. The van der Waals surface area contributed by atoms with Crippen LogP contribution < -0.4 is 5.32 Å². The maximum atomic E-state index is 13.2. The van der Waals surface area contributed by atoms with Crippen molar-refractivity contribution in [2.45, 2.75) is 19.9 Å². The predicted molar refractivity (Wildman–Crippen MR) is 122 cm³/mol. The predicted octanol–water partition coefficient (Wildman–Crippen LogP) is 4.56. The van der Waals surface area contributed by atoms with Crippen molar-refractivity contribution in [3.05, 3.63) is 87.5 Å². The molecule has 2 amide bonds. The van der Waals surface area contributed by atoms with Crippen LogP contribution in [0.3, 0.4) is 0 Å². The molecule has 8 heteroatoms. The van der Waals surface area contributed by atoms with Crippen molar-refractivity contribution in [3.63, 3.8) is 0 Å². The second kappa shape index (κ2) is 8.39. The second-order valence-corrected chi connectivity index (χ2v) is 8.60. The summed E-state index contributed by atoms with van der Waals surface area (Å²) in [4.78, 5) is 33.2. The van der Waals surface area contributed by atoms with Gasteiger partial charge in [-0.25, -0.2) is 0 Å². The average Bonchev–Trinajstić information content (AvgIpc) is 3.50. The molecule has 4 aromatic rings. The van der Waals surface area contributed by atoms with E-state index in [1.807, 2.05) is 17.9 Å². The molecule has 7 nitrogen and oxygen atoms in total. The highest BCUT2D eigenvalue weighted by Crippen LogP contribution is 2.27. The maximum absolute atomic E-state index is 13.2. The number of rotatable bonds is 4. The van der Waals surface area contributed by atoms with E-state index in [1.54, 1.807) is 54.1 Å². The highest BCUT2D eigenvalue weighted by atomic mass is 32.1. The van der Waals surface area contributed by atoms with E-state index in [-0.39, 0.29) is 11.6 Å². The van der Waals surface area contributed by atoms with E-state index in [0.29, 0.717) is 30.1 Å². The lowest BCUT2D eigenvalue weighted by molar-refractivity contribution is 0.0735. The van der Waals surface area contributed by atoms with Gasteiger partial charge in [0.1, 0.15) is 0 Å². The minimum atomic E-state index is -0.405. The van der Waals surface area contributed by atoms with Gasteiger partial charge in [0, 0.05) is 53.2 Å². The van der Waals surface area contributed by atoms with E-state index in [0.717, 1.165) is 17.5 Å². The maximum Gasteiger partial charge on any atom is 0.277 e. The molecule has 32 heavy (non-hydrogen) atoms. The van der Waals surface area contributed by atoms with Crippen LogP contribution in [0.5, 0.6) is 0 Å². The number of fused-ring (bicyclic) bond motifs is 1. The molecule has 4 heterocycles. The number of pyridine rings is 1. The van der Waals surface area contributed by atoms with Crippen LogP contribution >= 0.6 is 11.3 Å². The van der Waals surface area contributed by atoms with Crippen molar-refractivity contribution in [1.29, 1.82) is 0 Å². The van der Waals surface area contributed by atoms with Crippen molar-refractivity contribution < 1.29 is 14.1 Å². The molecular formula is C24H20N4O3S. The number of benzene rings is 1. The number of nitrogens with zero attached hydrogens (tertiary/aromatic N) is 3. The minimum absolute atomic E-state index is 0.0317. The molecule has 0 aliphatic carbocycles. The van der Waals surface area contributed by atoms with Crippen LogP contribution in [0.2, 0.25) is 0 Å². The van der Waals surface area contributed by atoms with Crippen LogP contribution in [0.15, 0.2) is 64.8 Å². The Balaban J connectivity index is 1.33. The topological polar surface area (TPSA) is 88.3 Å². The summed E-state index contributed by atoms with van der Waals surface area (Å²) >= 11 is 1.74. The lowest BCUT2D eigenvalue weighted by Gasteiger charge is -2.28. The largest absolute Gasteiger partial charge is 0.355 e. The first kappa shape index (κ1) is 20.1. The average molecular weight is 445 g/mol. The smallest absolute Gasteiger partial charge is 0.277 e. The fourth-order valence-corrected chi connectivity index (χ4v) is 4.70. The molecule has 0 saturated carbocycles. The number of amides is 2. The summed E-state index contributed by atoms with van der Waals surface area (Å²) < 4.78 is 5.29. The van der Waals surface area contributed by atoms with Crippen molar-refractivity contribution in [2.75, 3.05) is 11.9 Å². The van der Waals surface area contributed by atoms with E-state index in [2.05, 4.69) is 26.9 Å². The van der Waals surface area contributed by atoms with E-state index >= 15 is 0 Å². The van der Waals surface area contributed by atoms with Crippen molar-refractivity contribution >= 4 is 28.8 Å². The Morgan fingerprint density at radius 1 is 1.19 bits per heavy atom. The summed E-state index contributed by atoms with van der Waals surface area (Å²) in [5, 5.41) is 8.80. The number of carbonyl (C=O) groups is 2. The summed E-state index contributed by atoms with van der Waals surface area (Å²) in [6.07, 6.45) is 4.18. The summed E-state index contributed by atoms with van der Waals surface area (Å²) in [6, 6.07) is 12.6. The summed E-state index contributed by atoms with van der Waals surface area (Å²) in [6.45, 7) is 3.15. The van der Waals surface area contributed by atoms with E-state index < -0.39 is 5.91 Å². The van der Waals surface area contributed by atoms with Crippen LogP contribution in [0.4, 0.5) is 5.69 Å². The fourth-order valence-electron chi connectivity index (χ4n) is 3.81. The molecule has 0 bridgehead atoms. The Bertz CT molecular complexity index is 1300. The molecule has 5 rings (SSSR count). The van der Waals surface area contributed by atoms with Crippen LogP contribution in [0.25, 0.3) is 11.3 Å². The fraction of sp³-hybridized carbons (Fsp3) is 0.167. The number of aromatic nitrogens is 2. The van der Waals surface area contributed by atoms with Gasteiger partial charge in [0.2, 0.25) is 0 Å². The molecule has 0 unspecified atom stereocenters. The first-order valence-corrected chi connectivity index (χ1v) is 11.1. The molecule has 1 aromatic carbocycles. The Morgan fingerprint density at radius 2 is 2.09 bits per heavy atom. The molecule has 0 radical (unpaired) electrons. The molecule has 0 atom stereocenters. The third-order valence-electron chi connectivity index (χ3n) is 5.60. The second-order valence-electron chi connectivity index (χ2n) is 7.60. The highest BCUT2D eigenvalue weighted by Gasteiger charge is 2.24. The Kier molecular flexibility index (Phi) is 5.28. The first-order valence-electron chi connectivity index (χ1n) is 10.2. The zero-order valence-corrected chi connectivity index (χ0v) is 18.2. The van der Waals surface area contributed by atoms with Gasteiger partial charge in [-0.15, -0.1) is 11.3 Å². The van der Waals surface area contributed by atoms with Crippen molar-refractivity contribution in [1.82, 2.24) is 15.0 Å². The molecule has 3 aromatic heterocycles. The minimum Gasteiger partial charge on any atom is -0.355 e. The summed E-state index contributed by atoms with van der Waals surface area (Å²) in [5.74, 6) is 0.0232. The van der Waals surface area contributed by atoms with Crippen LogP contribution in [0, 0.1) is 6.92 Å². The monoisotopic (exact) mass is 444 g/mol. The first-order chi connectivity index (χ1) is 15.6. The van der Waals surface area contributed by atoms with Gasteiger partial charge in [0.25, 0.3) is 11.8 Å². The number of hydrogen-bond acceptors (Lipinski definition) is 6. The van der Waals surface area contributed by atoms with Crippen molar-refractivity contribution in [2.24, 2.45) is 0 Å². The third-order valence-corrected chi connectivity index (χ3v) is 6.62. The zero-order chi connectivity index (χ0) is 22.1.